The van der Waals surface area contributed by atoms with Crippen molar-refractivity contribution in [3.8, 4) is 5.75 Å². The molecule has 0 aliphatic rings. The van der Waals surface area contributed by atoms with Crippen LogP contribution >= 0.6 is 0 Å². The highest BCUT2D eigenvalue weighted by Gasteiger charge is 2.26. The van der Waals surface area contributed by atoms with Gasteiger partial charge in [0.2, 0.25) is 0 Å². The summed E-state index contributed by atoms with van der Waals surface area (Å²) >= 11 is 0. The minimum Gasteiger partial charge on any atom is -0.489 e. The monoisotopic (exact) mass is 469 g/mol. The summed E-state index contributed by atoms with van der Waals surface area (Å²) in [5.41, 5.74) is 1.59. The smallest absolute Gasteiger partial charge is 0.410 e. The Morgan fingerprint density at radius 2 is 1.56 bits per heavy atom. The number of likely N-dealkylation sites (N-methyl/N-ethyl adjacent to an activating group) is 1. The van der Waals surface area contributed by atoms with Crippen molar-refractivity contribution in [3.63, 3.8) is 0 Å². The molecule has 0 aliphatic heterocycles. The Morgan fingerprint density at radius 3 is 2.12 bits per heavy atom. The van der Waals surface area contributed by atoms with Crippen molar-refractivity contribution in [1.29, 1.82) is 0 Å². The van der Waals surface area contributed by atoms with Gasteiger partial charge in [0.05, 0.1) is 19.2 Å². The van der Waals surface area contributed by atoms with Gasteiger partial charge in [0.1, 0.15) is 24.0 Å². The third-order valence-corrected chi connectivity index (χ3v) is 4.75. The van der Waals surface area contributed by atoms with Crippen molar-refractivity contribution in [2.45, 2.75) is 52.5 Å². The van der Waals surface area contributed by atoms with Crippen LogP contribution in [0.15, 0.2) is 58.8 Å². The van der Waals surface area contributed by atoms with Gasteiger partial charge in [-0.05, 0) is 63.1 Å². The SMILES string of the molecule is COC(=O)c1ccc(COc2ccc(C/N=N\C(=O)[C@H](C)N(C)C(=O)OC(C)(C)C)cc2)cc1. The Bertz CT molecular complexity index is 1010. The second-order valence-electron chi connectivity index (χ2n) is 8.63. The van der Waals surface area contributed by atoms with Gasteiger partial charge in [0.25, 0.3) is 5.91 Å². The number of hydrogen-bond acceptors (Lipinski definition) is 7. The number of nitrogens with zero attached hydrogens (tertiary/aromatic N) is 3. The van der Waals surface area contributed by atoms with Gasteiger partial charge in [0.15, 0.2) is 0 Å². The fourth-order valence-electron chi connectivity index (χ4n) is 2.64. The summed E-state index contributed by atoms with van der Waals surface area (Å²) in [4.78, 5) is 37.0. The van der Waals surface area contributed by atoms with Crippen LogP contribution in [0, 0.1) is 0 Å². The standard InChI is InChI=1S/C25H31N3O6/c1-17(28(5)24(31)34-25(2,3)4)22(29)27-26-15-18-9-13-21(14-10-18)33-16-19-7-11-20(12-8-19)23(30)32-6/h7-14,17H,15-16H2,1-6H3/b27-26-/t17-/m0/s1. The van der Waals surface area contributed by atoms with Crippen molar-refractivity contribution < 1.29 is 28.6 Å². The molecule has 0 saturated carbocycles. The van der Waals surface area contributed by atoms with Gasteiger partial charge < -0.3 is 14.2 Å². The first-order chi connectivity index (χ1) is 16.0. The van der Waals surface area contributed by atoms with Crippen LogP contribution in [0.4, 0.5) is 4.79 Å². The number of amides is 2. The van der Waals surface area contributed by atoms with E-state index in [1.807, 2.05) is 12.1 Å². The van der Waals surface area contributed by atoms with Crippen LogP contribution in [0.25, 0.3) is 0 Å². The largest absolute Gasteiger partial charge is 0.489 e. The molecule has 9 heteroatoms. The fraction of sp³-hybridized carbons (Fsp3) is 0.400. The summed E-state index contributed by atoms with van der Waals surface area (Å²) in [5.74, 6) is -0.251. The Kier molecular flexibility index (Phi) is 9.29. The van der Waals surface area contributed by atoms with Crippen LogP contribution in [0.2, 0.25) is 0 Å². The number of benzene rings is 2. The summed E-state index contributed by atoms with van der Waals surface area (Å²) < 4.78 is 15.7. The van der Waals surface area contributed by atoms with Crippen LogP contribution in [0.5, 0.6) is 5.75 Å². The van der Waals surface area contributed by atoms with Gasteiger partial charge in [-0.25, -0.2) is 9.59 Å². The van der Waals surface area contributed by atoms with E-state index in [0.29, 0.717) is 17.9 Å². The topological polar surface area (TPSA) is 107 Å². The third-order valence-electron chi connectivity index (χ3n) is 4.75. The summed E-state index contributed by atoms with van der Waals surface area (Å²) in [6.45, 7) is 7.39. The lowest BCUT2D eigenvalue weighted by Gasteiger charge is -2.26. The van der Waals surface area contributed by atoms with Crippen LogP contribution < -0.4 is 4.74 Å². The zero-order valence-corrected chi connectivity index (χ0v) is 20.4. The molecule has 2 amide bonds. The van der Waals surface area contributed by atoms with Crippen molar-refractivity contribution >= 4 is 18.0 Å². The predicted octanol–water partition coefficient (Wildman–Crippen LogP) is 4.79. The molecule has 0 fully saturated rings. The molecule has 2 aromatic rings. The molecular weight excluding hydrogens is 438 g/mol. The number of methoxy groups -OCH3 is 1. The number of hydrogen-bond donors (Lipinski definition) is 0. The maximum atomic E-state index is 12.2. The first kappa shape index (κ1) is 26.5. The van der Waals surface area contributed by atoms with Crippen molar-refractivity contribution in [3.05, 3.63) is 65.2 Å². The Hall–Kier alpha value is -3.75. The molecule has 0 saturated heterocycles. The molecule has 2 rings (SSSR count). The van der Waals surface area contributed by atoms with E-state index in [0.717, 1.165) is 11.1 Å². The van der Waals surface area contributed by atoms with Crippen molar-refractivity contribution in [2.75, 3.05) is 14.2 Å². The summed E-state index contributed by atoms with van der Waals surface area (Å²) in [6, 6.07) is 13.4. The highest BCUT2D eigenvalue weighted by molar-refractivity contribution is 5.89. The molecule has 0 N–H and O–H groups in total. The van der Waals surface area contributed by atoms with Crippen LogP contribution in [-0.4, -0.2) is 48.7 Å². The van der Waals surface area contributed by atoms with Crippen LogP contribution in [0.3, 0.4) is 0 Å². The van der Waals surface area contributed by atoms with Crippen molar-refractivity contribution in [2.24, 2.45) is 10.2 Å². The molecule has 9 nitrogen and oxygen atoms in total. The van der Waals surface area contributed by atoms with E-state index in [1.165, 1.54) is 19.1 Å². The highest BCUT2D eigenvalue weighted by atomic mass is 16.6. The molecule has 34 heavy (non-hydrogen) atoms. The van der Waals surface area contributed by atoms with E-state index >= 15 is 0 Å². The third kappa shape index (κ3) is 8.31. The second-order valence-corrected chi connectivity index (χ2v) is 8.63. The van der Waals surface area contributed by atoms with Gasteiger partial charge in [-0.1, -0.05) is 24.3 Å². The first-order valence-corrected chi connectivity index (χ1v) is 10.8. The van der Waals surface area contributed by atoms with E-state index < -0.39 is 23.6 Å². The average molecular weight is 470 g/mol. The minimum atomic E-state index is -0.795. The predicted molar refractivity (Wildman–Crippen MR) is 126 cm³/mol. The van der Waals surface area contributed by atoms with E-state index in [9.17, 15) is 14.4 Å². The number of rotatable bonds is 8. The number of ether oxygens (including phenoxy) is 3. The molecule has 0 aromatic heterocycles. The molecule has 0 radical (unpaired) electrons. The van der Waals surface area contributed by atoms with Gasteiger partial charge in [-0.2, -0.15) is 5.11 Å². The lowest BCUT2D eigenvalue weighted by molar-refractivity contribution is -0.122. The first-order valence-electron chi connectivity index (χ1n) is 10.8. The molecular formula is C25H31N3O6. The molecule has 1 atom stereocenters. The van der Waals surface area contributed by atoms with Gasteiger partial charge in [-0.15, -0.1) is 5.11 Å². The number of azo groups is 1. The van der Waals surface area contributed by atoms with Crippen molar-refractivity contribution in [1.82, 2.24) is 4.90 Å². The molecule has 2 aromatic carbocycles. The van der Waals surface area contributed by atoms with E-state index in [1.54, 1.807) is 64.1 Å². The van der Waals surface area contributed by atoms with Crippen LogP contribution in [0.1, 0.15) is 49.2 Å². The van der Waals surface area contributed by atoms with Gasteiger partial charge in [0, 0.05) is 7.05 Å². The Balaban J connectivity index is 1.83. The highest BCUT2D eigenvalue weighted by Crippen LogP contribution is 2.16. The van der Waals surface area contributed by atoms with Gasteiger partial charge >= 0.3 is 12.1 Å². The van der Waals surface area contributed by atoms with Gasteiger partial charge in [-0.3, -0.25) is 9.69 Å². The van der Waals surface area contributed by atoms with Crippen LogP contribution in [-0.2, 0) is 27.4 Å². The molecule has 0 bridgehead atoms. The number of carbonyl (C=O) groups is 3. The Labute approximate surface area is 199 Å². The van der Waals surface area contributed by atoms with E-state index in [-0.39, 0.29) is 12.5 Å². The summed E-state index contributed by atoms with van der Waals surface area (Å²) in [6.07, 6.45) is -0.599. The fourth-order valence-corrected chi connectivity index (χ4v) is 2.64. The quantitative estimate of drug-likeness (QED) is 0.407. The molecule has 0 spiro atoms. The zero-order chi connectivity index (χ0) is 25.3. The summed E-state index contributed by atoms with van der Waals surface area (Å²) in [5, 5.41) is 7.67. The lowest BCUT2D eigenvalue weighted by atomic mass is 10.1. The Morgan fingerprint density at radius 1 is 0.971 bits per heavy atom. The lowest BCUT2D eigenvalue weighted by Crippen LogP contribution is -2.42. The number of carbonyl (C=O) groups excluding carboxylic acids is 3. The minimum absolute atomic E-state index is 0.212. The second kappa shape index (κ2) is 11.9. The molecule has 0 unspecified atom stereocenters. The molecule has 0 heterocycles. The average Bonchev–Trinajstić information content (AvgIpc) is 2.81. The molecule has 182 valence electrons. The van der Waals surface area contributed by atoms with E-state index in [4.69, 9.17) is 9.47 Å². The number of esters is 1. The maximum Gasteiger partial charge on any atom is 0.410 e. The normalized spacial score (nSPS) is 12.2. The van der Waals surface area contributed by atoms with E-state index in [2.05, 4.69) is 15.0 Å². The summed E-state index contributed by atoms with van der Waals surface area (Å²) in [7, 11) is 2.83. The maximum absolute atomic E-state index is 12.2. The zero-order valence-electron chi connectivity index (χ0n) is 20.4. The molecule has 0 aliphatic carbocycles.